The van der Waals surface area contributed by atoms with Crippen LogP contribution in [0.2, 0.25) is 0 Å². The van der Waals surface area contributed by atoms with E-state index in [1.165, 1.54) is 10.8 Å². The Morgan fingerprint density at radius 1 is 1.03 bits per heavy atom. The van der Waals surface area contributed by atoms with Crippen molar-refractivity contribution < 1.29 is 13.2 Å². The van der Waals surface area contributed by atoms with Crippen LogP contribution in [0, 0.1) is 13.8 Å². The Bertz CT molecular complexity index is 1250. The molecule has 0 spiro atoms. The van der Waals surface area contributed by atoms with Crippen LogP contribution in [0.5, 0.6) is 0 Å². The number of rotatable bonds is 5. The van der Waals surface area contributed by atoms with Crippen LogP contribution >= 0.6 is 0 Å². The molecule has 0 aromatic carbocycles. The monoisotopic (exact) mass is 410 g/mol. The molecule has 0 radical (unpaired) electrons. The van der Waals surface area contributed by atoms with Crippen LogP contribution in [0.3, 0.4) is 0 Å². The fraction of sp³-hybridized carbons (Fsp3) is 0.200. The van der Waals surface area contributed by atoms with Gasteiger partial charge in [-0.1, -0.05) is 6.07 Å². The van der Waals surface area contributed by atoms with Gasteiger partial charge < -0.3 is 4.42 Å². The van der Waals surface area contributed by atoms with E-state index in [2.05, 4.69) is 25.1 Å². The summed E-state index contributed by atoms with van der Waals surface area (Å²) in [7, 11) is 0. The summed E-state index contributed by atoms with van der Waals surface area (Å²) >= 11 is 0. The van der Waals surface area contributed by atoms with Crippen LogP contribution in [0.4, 0.5) is 8.78 Å². The molecule has 0 aliphatic carbocycles. The second-order valence-electron chi connectivity index (χ2n) is 6.53. The van der Waals surface area contributed by atoms with Crippen molar-refractivity contribution in [1.82, 2.24) is 29.7 Å². The Morgan fingerprint density at radius 2 is 1.87 bits per heavy atom. The molecule has 4 heterocycles. The molecule has 4 aromatic rings. The normalized spacial score (nSPS) is 11.2. The van der Waals surface area contributed by atoms with E-state index in [1.54, 1.807) is 37.5 Å². The summed E-state index contributed by atoms with van der Waals surface area (Å²) in [6.07, 6.45) is 1.81. The first-order valence-electron chi connectivity index (χ1n) is 8.99. The maximum atomic E-state index is 13.1. The van der Waals surface area contributed by atoms with Crippen molar-refractivity contribution in [3.63, 3.8) is 0 Å². The maximum absolute atomic E-state index is 13.1. The Labute approximate surface area is 169 Å². The summed E-state index contributed by atoms with van der Waals surface area (Å²) in [6.45, 7) is 3.76. The van der Waals surface area contributed by atoms with Crippen LogP contribution in [0.25, 0.3) is 22.6 Å². The number of nitrogens with zero attached hydrogens (tertiary/aromatic N) is 6. The molecule has 0 saturated heterocycles. The number of halogens is 2. The van der Waals surface area contributed by atoms with Crippen molar-refractivity contribution in [1.29, 1.82) is 0 Å². The number of aryl methyl sites for hydroxylation is 2. The topological polar surface area (TPSA) is 99.6 Å². The quantitative estimate of drug-likeness (QED) is 0.497. The fourth-order valence-electron chi connectivity index (χ4n) is 2.96. The van der Waals surface area contributed by atoms with Crippen molar-refractivity contribution in [2.75, 3.05) is 0 Å². The Balaban J connectivity index is 1.63. The van der Waals surface area contributed by atoms with Crippen molar-refractivity contribution in [3.8, 4) is 22.6 Å². The van der Waals surface area contributed by atoms with Gasteiger partial charge in [-0.2, -0.15) is 8.78 Å². The molecular formula is C20H16F2N6O2. The fourth-order valence-corrected chi connectivity index (χ4v) is 2.96. The predicted molar refractivity (Wildman–Crippen MR) is 103 cm³/mol. The van der Waals surface area contributed by atoms with Crippen molar-refractivity contribution in [3.05, 3.63) is 76.3 Å². The molecular weight excluding hydrogens is 394 g/mol. The lowest BCUT2D eigenvalue weighted by molar-refractivity contribution is 0.116. The van der Waals surface area contributed by atoms with Gasteiger partial charge in [-0.05, 0) is 32.0 Å². The first-order valence-corrected chi connectivity index (χ1v) is 8.99. The maximum Gasteiger partial charge on any atom is 0.314 e. The third-order valence-corrected chi connectivity index (χ3v) is 4.56. The first kappa shape index (κ1) is 19.5. The van der Waals surface area contributed by atoms with E-state index >= 15 is 0 Å². The molecule has 4 rings (SSSR count). The van der Waals surface area contributed by atoms with Gasteiger partial charge in [0.25, 0.3) is 11.4 Å². The van der Waals surface area contributed by atoms with Crippen molar-refractivity contribution >= 4 is 0 Å². The second-order valence-corrected chi connectivity index (χ2v) is 6.53. The molecule has 0 aliphatic rings. The average molecular weight is 410 g/mol. The smallest absolute Gasteiger partial charge is 0.314 e. The molecule has 4 aromatic heterocycles. The largest absolute Gasteiger partial charge is 0.415 e. The number of pyridine rings is 2. The highest BCUT2D eigenvalue weighted by Gasteiger charge is 2.17. The Kier molecular flexibility index (Phi) is 5.13. The molecule has 0 aliphatic heterocycles. The molecule has 0 atom stereocenters. The lowest BCUT2D eigenvalue weighted by atomic mass is 10.1. The molecule has 0 bridgehead atoms. The van der Waals surface area contributed by atoms with Crippen LogP contribution < -0.4 is 5.56 Å². The predicted octanol–water partition coefficient (Wildman–Crippen LogP) is 3.35. The van der Waals surface area contributed by atoms with E-state index in [4.69, 9.17) is 4.42 Å². The third-order valence-electron chi connectivity index (χ3n) is 4.56. The Hall–Kier alpha value is -3.82. The summed E-state index contributed by atoms with van der Waals surface area (Å²) in [6, 6.07) is 6.87. The first-order chi connectivity index (χ1) is 14.4. The van der Waals surface area contributed by atoms with E-state index in [1.807, 2.05) is 13.0 Å². The van der Waals surface area contributed by atoms with E-state index < -0.39 is 12.3 Å². The highest BCUT2D eigenvalue weighted by atomic mass is 19.3. The summed E-state index contributed by atoms with van der Waals surface area (Å²) in [5, 5.41) is 6.89. The molecule has 30 heavy (non-hydrogen) atoms. The Morgan fingerprint density at radius 3 is 2.53 bits per heavy atom. The van der Waals surface area contributed by atoms with E-state index in [-0.39, 0.29) is 18.0 Å². The summed E-state index contributed by atoms with van der Waals surface area (Å²) in [5.74, 6) is -0.257. The number of aromatic nitrogens is 6. The summed E-state index contributed by atoms with van der Waals surface area (Å²) < 4.78 is 31.6. The minimum atomic E-state index is -2.84. The molecule has 0 fully saturated rings. The zero-order chi connectivity index (χ0) is 21.3. The van der Waals surface area contributed by atoms with Gasteiger partial charge >= 0.3 is 6.43 Å². The molecule has 0 amide bonds. The average Bonchev–Trinajstić information content (AvgIpc) is 3.23. The molecule has 8 nitrogen and oxygen atoms in total. The van der Waals surface area contributed by atoms with Gasteiger partial charge in [0.15, 0.2) is 0 Å². The minimum Gasteiger partial charge on any atom is -0.415 e. The zero-order valence-electron chi connectivity index (χ0n) is 16.1. The molecule has 10 heteroatoms. The highest BCUT2D eigenvalue weighted by Crippen LogP contribution is 2.23. The lowest BCUT2D eigenvalue weighted by Gasteiger charge is -2.12. The van der Waals surface area contributed by atoms with Gasteiger partial charge in [0, 0.05) is 29.8 Å². The van der Waals surface area contributed by atoms with E-state index in [0.29, 0.717) is 22.6 Å². The van der Waals surface area contributed by atoms with Gasteiger partial charge in [-0.15, -0.1) is 10.2 Å². The van der Waals surface area contributed by atoms with Crippen LogP contribution in [0.1, 0.15) is 29.5 Å². The van der Waals surface area contributed by atoms with E-state index in [0.717, 1.165) is 11.3 Å². The molecule has 0 saturated carbocycles. The second kappa shape index (κ2) is 7.90. The van der Waals surface area contributed by atoms with Gasteiger partial charge in [0.1, 0.15) is 5.82 Å². The van der Waals surface area contributed by atoms with Crippen LogP contribution in [0.15, 0.2) is 52.1 Å². The molecule has 152 valence electrons. The zero-order valence-corrected chi connectivity index (χ0v) is 16.1. The highest BCUT2D eigenvalue weighted by molar-refractivity contribution is 5.63. The van der Waals surface area contributed by atoms with Gasteiger partial charge in [0.05, 0.1) is 23.4 Å². The van der Waals surface area contributed by atoms with Crippen LogP contribution in [-0.4, -0.2) is 29.7 Å². The molecule has 0 unspecified atom stereocenters. The number of alkyl halides is 2. The molecule has 0 N–H and O–H groups in total. The standard InChI is InChI=1S/C20H16F2N6O2/c1-11-15(4-3-7-23-11)16-9-24-12(2)28(20(16)29)10-14-6-5-13(8-25-14)18-26-27-19(30-18)17(21)22/h3-9,17H,10H2,1-2H3. The third kappa shape index (κ3) is 3.71. The van der Waals surface area contributed by atoms with Gasteiger partial charge in [-0.3, -0.25) is 19.3 Å². The van der Waals surface area contributed by atoms with E-state index in [9.17, 15) is 13.6 Å². The number of hydrogen-bond donors (Lipinski definition) is 0. The van der Waals surface area contributed by atoms with Gasteiger partial charge in [-0.25, -0.2) is 4.98 Å². The SMILES string of the molecule is Cc1ncccc1-c1cnc(C)n(Cc2ccc(-c3nnc(C(F)F)o3)cn2)c1=O. The lowest BCUT2D eigenvalue weighted by Crippen LogP contribution is -2.26. The summed E-state index contributed by atoms with van der Waals surface area (Å²) in [5.41, 5.74) is 2.69. The van der Waals surface area contributed by atoms with Crippen molar-refractivity contribution in [2.45, 2.75) is 26.8 Å². The number of hydrogen-bond acceptors (Lipinski definition) is 7. The summed E-state index contributed by atoms with van der Waals surface area (Å²) in [4.78, 5) is 25.9. The van der Waals surface area contributed by atoms with Crippen molar-refractivity contribution in [2.24, 2.45) is 0 Å². The van der Waals surface area contributed by atoms with Gasteiger partial charge in [0.2, 0.25) is 5.89 Å². The van der Waals surface area contributed by atoms with Crippen LogP contribution in [-0.2, 0) is 6.54 Å². The minimum absolute atomic E-state index is 0.0478.